The summed E-state index contributed by atoms with van der Waals surface area (Å²) in [5.74, 6) is 1.59. The molecule has 0 saturated carbocycles. The SMILES string of the molecule is CCCCCCCCCCCCCCCc1n(CCCC)cc[n+]1CCCCCCCC. The Labute approximate surface area is 202 Å². The third-order valence-electron chi connectivity index (χ3n) is 7.10. The second-order valence-electron chi connectivity index (χ2n) is 10.2. The van der Waals surface area contributed by atoms with Crippen molar-refractivity contribution in [2.24, 2.45) is 0 Å². The minimum absolute atomic E-state index is 1.20. The Balaban J connectivity index is 2.17. The maximum Gasteiger partial charge on any atom is 0.256 e. The van der Waals surface area contributed by atoms with Gasteiger partial charge in [0.2, 0.25) is 0 Å². The van der Waals surface area contributed by atoms with Crippen molar-refractivity contribution in [3.05, 3.63) is 18.2 Å². The van der Waals surface area contributed by atoms with Gasteiger partial charge in [0.15, 0.2) is 0 Å². The van der Waals surface area contributed by atoms with Crippen LogP contribution in [0.1, 0.15) is 161 Å². The van der Waals surface area contributed by atoms with E-state index in [0.29, 0.717) is 0 Å². The van der Waals surface area contributed by atoms with Crippen LogP contribution in [0.5, 0.6) is 0 Å². The van der Waals surface area contributed by atoms with E-state index in [2.05, 4.69) is 42.3 Å². The summed E-state index contributed by atoms with van der Waals surface area (Å²) < 4.78 is 5.14. The number of imidazole rings is 1. The molecule has 0 aromatic carbocycles. The van der Waals surface area contributed by atoms with Crippen LogP contribution in [0.25, 0.3) is 0 Å². The Kier molecular flexibility index (Phi) is 20.1. The van der Waals surface area contributed by atoms with E-state index >= 15 is 0 Å². The van der Waals surface area contributed by atoms with Crippen molar-refractivity contribution in [2.45, 2.75) is 175 Å². The lowest BCUT2D eigenvalue weighted by atomic mass is 10.0. The minimum atomic E-state index is 1.20. The van der Waals surface area contributed by atoms with Crippen LogP contribution in [0.4, 0.5) is 0 Å². The van der Waals surface area contributed by atoms with Crippen molar-refractivity contribution in [1.82, 2.24) is 4.57 Å². The fraction of sp³-hybridized carbons (Fsp3) is 0.900. The van der Waals surface area contributed by atoms with E-state index in [9.17, 15) is 0 Å². The summed E-state index contributed by atoms with van der Waals surface area (Å²) in [5, 5.41) is 0. The van der Waals surface area contributed by atoms with Gasteiger partial charge in [-0.25, -0.2) is 9.13 Å². The van der Waals surface area contributed by atoms with Crippen molar-refractivity contribution in [1.29, 1.82) is 0 Å². The summed E-state index contributed by atoms with van der Waals surface area (Å²) in [7, 11) is 0. The van der Waals surface area contributed by atoms with Gasteiger partial charge in [-0.3, -0.25) is 0 Å². The van der Waals surface area contributed by atoms with E-state index < -0.39 is 0 Å². The molecule has 0 spiro atoms. The Morgan fingerprint density at radius 3 is 1.47 bits per heavy atom. The first-order chi connectivity index (χ1) is 15.8. The standard InChI is InChI=1S/C30H59N2/c1-4-7-10-12-14-15-16-17-18-19-20-21-23-25-30-31(26-9-6-3)28-29-32(30)27-24-22-13-11-8-5-2/h28-29H,4-27H2,1-3H3/q+1. The lowest BCUT2D eigenvalue weighted by molar-refractivity contribution is -0.704. The summed E-state index contributed by atoms with van der Waals surface area (Å²) in [6.45, 7) is 9.34. The van der Waals surface area contributed by atoms with Gasteiger partial charge in [0.1, 0.15) is 12.4 Å². The van der Waals surface area contributed by atoms with Gasteiger partial charge in [-0.2, -0.15) is 0 Å². The molecule has 1 rings (SSSR count). The van der Waals surface area contributed by atoms with E-state index in [1.807, 2.05) is 0 Å². The summed E-state index contributed by atoms with van der Waals surface area (Å²) in [5.41, 5.74) is 0. The molecule has 1 aromatic heterocycles. The zero-order chi connectivity index (χ0) is 23.1. The van der Waals surface area contributed by atoms with Gasteiger partial charge in [-0.05, 0) is 25.7 Å². The van der Waals surface area contributed by atoms with Crippen LogP contribution in [-0.4, -0.2) is 4.57 Å². The monoisotopic (exact) mass is 447 g/mol. The largest absolute Gasteiger partial charge is 0.256 e. The summed E-state index contributed by atoms with van der Waals surface area (Å²) >= 11 is 0. The molecule has 0 radical (unpaired) electrons. The van der Waals surface area contributed by atoms with Gasteiger partial charge in [0.25, 0.3) is 5.82 Å². The van der Waals surface area contributed by atoms with Crippen molar-refractivity contribution in [3.8, 4) is 0 Å². The Bertz CT molecular complexity index is 505. The van der Waals surface area contributed by atoms with Crippen LogP contribution in [0, 0.1) is 0 Å². The molecule has 0 aliphatic carbocycles. The molecule has 1 heterocycles. The lowest BCUT2D eigenvalue weighted by Gasteiger charge is -2.06. The number of rotatable bonds is 24. The number of hydrogen-bond acceptors (Lipinski definition) is 0. The normalized spacial score (nSPS) is 11.5. The third-order valence-corrected chi connectivity index (χ3v) is 7.10. The van der Waals surface area contributed by atoms with Crippen LogP contribution in [-0.2, 0) is 19.5 Å². The molecule has 1 aromatic rings. The summed E-state index contributed by atoms with van der Waals surface area (Å²) in [6.07, 6.45) is 35.6. The molecule has 0 amide bonds. The van der Waals surface area contributed by atoms with Crippen LogP contribution in [0.2, 0.25) is 0 Å². The van der Waals surface area contributed by atoms with Crippen LogP contribution in [0.3, 0.4) is 0 Å². The molecule has 0 atom stereocenters. The average Bonchev–Trinajstić information content (AvgIpc) is 3.19. The smallest absolute Gasteiger partial charge is 0.234 e. The first-order valence-corrected chi connectivity index (χ1v) is 14.9. The molecule has 0 N–H and O–H groups in total. The maximum atomic E-state index is 2.58. The quantitative estimate of drug-likeness (QED) is 0.110. The fourth-order valence-corrected chi connectivity index (χ4v) is 4.88. The van der Waals surface area contributed by atoms with Crippen molar-refractivity contribution >= 4 is 0 Å². The fourth-order valence-electron chi connectivity index (χ4n) is 4.88. The topological polar surface area (TPSA) is 8.81 Å². The second kappa shape index (κ2) is 22.0. The van der Waals surface area contributed by atoms with Crippen molar-refractivity contribution in [3.63, 3.8) is 0 Å². The third kappa shape index (κ3) is 15.1. The molecule has 2 nitrogen and oxygen atoms in total. The Morgan fingerprint density at radius 1 is 0.531 bits per heavy atom. The first-order valence-electron chi connectivity index (χ1n) is 14.9. The van der Waals surface area contributed by atoms with Gasteiger partial charge in [-0.1, -0.05) is 130 Å². The molecule has 32 heavy (non-hydrogen) atoms. The zero-order valence-electron chi connectivity index (χ0n) is 22.5. The first kappa shape index (κ1) is 29.2. The molecule has 0 bridgehead atoms. The molecule has 0 aliphatic heterocycles. The molecule has 188 valence electrons. The maximum absolute atomic E-state index is 2.58. The summed E-state index contributed by atoms with van der Waals surface area (Å²) in [6, 6.07) is 0. The molecular formula is C30H59N2+. The molecule has 2 heteroatoms. The average molecular weight is 448 g/mol. The van der Waals surface area contributed by atoms with Gasteiger partial charge in [-0.15, -0.1) is 0 Å². The van der Waals surface area contributed by atoms with E-state index in [1.165, 1.54) is 154 Å². The molecule has 0 saturated heterocycles. The number of unbranched alkanes of at least 4 members (excludes halogenated alkanes) is 18. The predicted octanol–water partition coefficient (Wildman–Crippen LogP) is 9.57. The van der Waals surface area contributed by atoms with E-state index in [-0.39, 0.29) is 0 Å². The molecule has 0 aliphatic rings. The van der Waals surface area contributed by atoms with E-state index in [4.69, 9.17) is 0 Å². The highest BCUT2D eigenvalue weighted by atomic mass is 15.1. The van der Waals surface area contributed by atoms with Gasteiger partial charge < -0.3 is 0 Å². The summed E-state index contributed by atoms with van der Waals surface area (Å²) in [4.78, 5) is 0. The Morgan fingerprint density at radius 2 is 0.969 bits per heavy atom. The molecule has 0 unspecified atom stereocenters. The molecule has 0 fully saturated rings. The highest BCUT2D eigenvalue weighted by Gasteiger charge is 2.16. The van der Waals surface area contributed by atoms with Gasteiger partial charge >= 0.3 is 0 Å². The van der Waals surface area contributed by atoms with Crippen LogP contribution < -0.4 is 4.57 Å². The highest BCUT2D eigenvalue weighted by molar-refractivity contribution is 4.84. The van der Waals surface area contributed by atoms with Crippen LogP contribution >= 0.6 is 0 Å². The number of hydrogen-bond donors (Lipinski definition) is 0. The zero-order valence-corrected chi connectivity index (χ0v) is 22.5. The van der Waals surface area contributed by atoms with E-state index in [1.54, 1.807) is 5.82 Å². The predicted molar refractivity (Wildman–Crippen MR) is 142 cm³/mol. The number of aromatic nitrogens is 2. The van der Waals surface area contributed by atoms with Gasteiger partial charge in [0.05, 0.1) is 13.1 Å². The second-order valence-corrected chi connectivity index (χ2v) is 10.2. The number of nitrogens with zero attached hydrogens (tertiary/aromatic N) is 2. The van der Waals surface area contributed by atoms with Crippen LogP contribution in [0.15, 0.2) is 12.4 Å². The van der Waals surface area contributed by atoms with Gasteiger partial charge in [0, 0.05) is 6.42 Å². The highest BCUT2D eigenvalue weighted by Crippen LogP contribution is 2.14. The number of aryl methyl sites for hydroxylation is 2. The molecular weight excluding hydrogens is 388 g/mol. The van der Waals surface area contributed by atoms with Crippen molar-refractivity contribution < 1.29 is 4.57 Å². The van der Waals surface area contributed by atoms with Crippen molar-refractivity contribution in [2.75, 3.05) is 0 Å². The minimum Gasteiger partial charge on any atom is -0.234 e. The lowest BCUT2D eigenvalue weighted by Crippen LogP contribution is -2.37. The Hall–Kier alpha value is -0.790. The van der Waals surface area contributed by atoms with E-state index in [0.717, 1.165) is 0 Å².